The number of piperidine rings is 1. The van der Waals surface area contributed by atoms with Crippen LogP contribution in [0.4, 0.5) is 27.6 Å². The van der Waals surface area contributed by atoms with Gasteiger partial charge in [0, 0.05) is 42.1 Å². The zero-order valence-corrected chi connectivity index (χ0v) is 20.0. The van der Waals surface area contributed by atoms with Crippen LogP contribution in [0.15, 0.2) is 35.1 Å². The molecule has 2 fully saturated rings. The van der Waals surface area contributed by atoms with Crippen molar-refractivity contribution in [3.63, 3.8) is 0 Å². The first kappa shape index (κ1) is 24.3. The SMILES string of the molecule is O=c1[nH]nc2c3c(cc(F)cc13)NC(C1CCN(C3CCC(F)(F)CC3)CC1)[C@H]2c1ccc(F)cc1F. The highest BCUT2D eigenvalue weighted by molar-refractivity contribution is 5.97. The van der Waals surface area contributed by atoms with Crippen molar-refractivity contribution in [3.8, 4) is 0 Å². The maximum Gasteiger partial charge on any atom is 0.272 e. The number of hydrogen-bond donors (Lipinski definition) is 2. The van der Waals surface area contributed by atoms with E-state index in [9.17, 15) is 22.4 Å². The van der Waals surface area contributed by atoms with Gasteiger partial charge in [0.1, 0.15) is 17.5 Å². The summed E-state index contributed by atoms with van der Waals surface area (Å²) < 4.78 is 70.7. The van der Waals surface area contributed by atoms with Gasteiger partial charge < -0.3 is 10.2 Å². The third-order valence-electron chi connectivity index (χ3n) is 8.44. The minimum atomic E-state index is -2.58. The molecular weight excluding hydrogens is 491 g/mol. The number of rotatable bonds is 3. The summed E-state index contributed by atoms with van der Waals surface area (Å²) >= 11 is 0. The molecule has 2 N–H and O–H groups in total. The molecule has 3 heterocycles. The lowest BCUT2D eigenvalue weighted by molar-refractivity contribution is -0.0570. The van der Waals surface area contributed by atoms with Crippen LogP contribution in [0.25, 0.3) is 10.8 Å². The fourth-order valence-corrected chi connectivity index (χ4v) is 6.58. The Kier molecular flexibility index (Phi) is 5.97. The predicted octanol–water partition coefficient (Wildman–Crippen LogP) is 5.56. The Morgan fingerprint density at radius 3 is 2.38 bits per heavy atom. The summed E-state index contributed by atoms with van der Waals surface area (Å²) in [7, 11) is 0. The predicted molar refractivity (Wildman–Crippen MR) is 129 cm³/mol. The van der Waals surface area contributed by atoms with E-state index in [2.05, 4.69) is 20.4 Å². The first-order chi connectivity index (χ1) is 17.7. The van der Waals surface area contributed by atoms with Crippen molar-refractivity contribution >= 4 is 16.5 Å². The van der Waals surface area contributed by atoms with E-state index in [4.69, 9.17) is 0 Å². The summed E-state index contributed by atoms with van der Waals surface area (Å²) in [6.07, 6.45) is 2.19. The Morgan fingerprint density at radius 1 is 0.946 bits per heavy atom. The summed E-state index contributed by atoms with van der Waals surface area (Å²) in [5, 5.41) is 10.6. The van der Waals surface area contributed by atoms with Crippen molar-refractivity contribution in [1.29, 1.82) is 0 Å². The molecule has 2 aliphatic heterocycles. The van der Waals surface area contributed by atoms with Gasteiger partial charge in [-0.25, -0.2) is 27.1 Å². The van der Waals surface area contributed by atoms with Gasteiger partial charge >= 0.3 is 0 Å². The molecule has 1 unspecified atom stereocenters. The Hall–Kier alpha value is -3.01. The van der Waals surface area contributed by atoms with Crippen molar-refractivity contribution in [2.75, 3.05) is 18.4 Å². The molecular formula is C27H27F5N4O. The van der Waals surface area contributed by atoms with Gasteiger partial charge in [0.25, 0.3) is 5.56 Å². The van der Waals surface area contributed by atoms with Crippen LogP contribution in [0, 0.1) is 23.4 Å². The normalized spacial score (nSPS) is 24.8. The molecule has 37 heavy (non-hydrogen) atoms. The Balaban J connectivity index is 1.35. The first-order valence-corrected chi connectivity index (χ1v) is 12.8. The van der Waals surface area contributed by atoms with Gasteiger partial charge in [-0.15, -0.1) is 0 Å². The molecule has 1 aromatic heterocycles. The molecule has 196 valence electrons. The number of alkyl halides is 2. The van der Waals surface area contributed by atoms with E-state index in [1.807, 2.05) is 0 Å². The van der Waals surface area contributed by atoms with E-state index in [-0.39, 0.29) is 35.8 Å². The fourth-order valence-electron chi connectivity index (χ4n) is 6.58. The van der Waals surface area contributed by atoms with Gasteiger partial charge in [-0.2, -0.15) is 5.10 Å². The highest BCUT2D eigenvalue weighted by Crippen LogP contribution is 2.45. The summed E-state index contributed by atoms with van der Waals surface area (Å²) in [5.41, 5.74) is 0.524. The number of halogens is 5. The standard InChI is InChI=1S/C27H27F5N4O/c28-15-1-2-18(20(30)12-15)23-24(14-5-9-36(10-6-14)17-3-7-27(31,32)8-4-17)33-21-13-16(29)11-19-22(21)25(23)34-35-26(19)37/h1-2,11-14,17,23-24,33H,3-10H2,(H,35,37)/t23-,24?/m1/s1. The summed E-state index contributed by atoms with van der Waals surface area (Å²) in [5.74, 6) is -5.20. The molecule has 10 heteroatoms. The number of nitrogens with one attached hydrogen (secondary N) is 2. The van der Waals surface area contributed by atoms with E-state index >= 15 is 4.39 Å². The lowest BCUT2D eigenvalue weighted by Crippen LogP contribution is -2.49. The van der Waals surface area contributed by atoms with Crippen molar-refractivity contribution < 1.29 is 22.0 Å². The van der Waals surface area contributed by atoms with Crippen molar-refractivity contribution in [1.82, 2.24) is 15.1 Å². The van der Waals surface area contributed by atoms with Crippen molar-refractivity contribution in [3.05, 3.63) is 69.4 Å². The third kappa shape index (κ3) is 4.39. The fraction of sp³-hybridized carbons (Fsp3) is 0.481. The lowest BCUT2D eigenvalue weighted by atomic mass is 9.74. The Morgan fingerprint density at radius 2 is 1.68 bits per heavy atom. The molecule has 0 bridgehead atoms. The van der Waals surface area contributed by atoms with Gasteiger partial charge in [0.05, 0.1) is 17.0 Å². The highest BCUT2D eigenvalue weighted by atomic mass is 19.3. The number of nitrogens with zero attached hydrogens (tertiary/aromatic N) is 2. The molecule has 1 saturated heterocycles. The number of aromatic nitrogens is 2. The largest absolute Gasteiger partial charge is 0.380 e. The van der Waals surface area contributed by atoms with Crippen LogP contribution in [-0.2, 0) is 0 Å². The van der Waals surface area contributed by atoms with Crippen LogP contribution < -0.4 is 10.9 Å². The Labute approximate surface area is 210 Å². The van der Waals surface area contributed by atoms with E-state index in [0.717, 1.165) is 25.0 Å². The molecule has 0 amide bonds. The molecule has 0 radical (unpaired) electrons. The topological polar surface area (TPSA) is 61.0 Å². The zero-order chi connectivity index (χ0) is 25.9. The minimum absolute atomic E-state index is 0.0240. The van der Waals surface area contributed by atoms with Crippen LogP contribution in [0.5, 0.6) is 0 Å². The molecule has 1 saturated carbocycles. The minimum Gasteiger partial charge on any atom is -0.380 e. The maximum atomic E-state index is 15.1. The second kappa shape index (κ2) is 9.08. The molecule has 6 rings (SSSR count). The molecule has 5 nitrogen and oxygen atoms in total. The van der Waals surface area contributed by atoms with E-state index < -0.39 is 40.9 Å². The van der Waals surface area contributed by atoms with Crippen LogP contribution in [-0.4, -0.2) is 46.2 Å². The summed E-state index contributed by atoms with van der Waals surface area (Å²) in [6.45, 7) is 1.42. The Bertz CT molecular complexity index is 1390. The van der Waals surface area contributed by atoms with Crippen LogP contribution in [0.3, 0.4) is 0 Å². The van der Waals surface area contributed by atoms with Gasteiger partial charge in [-0.3, -0.25) is 4.79 Å². The molecule has 3 aliphatic rings. The van der Waals surface area contributed by atoms with Gasteiger partial charge in [0.15, 0.2) is 0 Å². The number of hydrogen-bond acceptors (Lipinski definition) is 4. The second-order valence-electron chi connectivity index (χ2n) is 10.6. The van der Waals surface area contributed by atoms with Gasteiger partial charge in [-0.05, 0) is 68.5 Å². The molecule has 2 aromatic carbocycles. The summed E-state index contributed by atoms with van der Waals surface area (Å²) in [6, 6.07) is 5.60. The quantitative estimate of drug-likeness (QED) is 0.446. The summed E-state index contributed by atoms with van der Waals surface area (Å²) in [4.78, 5) is 14.7. The lowest BCUT2D eigenvalue weighted by Gasteiger charge is -2.45. The average molecular weight is 519 g/mol. The average Bonchev–Trinajstić information content (AvgIpc) is 2.86. The van der Waals surface area contributed by atoms with Gasteiger partial charge in [-0.1, -0.05) is 6.07 Å². The number of anilines is 1. The third-order valence-corrected chi connectivity index (χ3v) is 8.44. The molecule has 2 atom stereocenters. The first-order valence-electron chi connectivity index (χ1n) is 12.8. The maximum absolute atomic E-state index is 15.1. The number of aromatic amines is 1. The molecule has 0 spiro atoms. The van der Waals surface area contributed by atoms with Crippen molar-refractivity contribution in [2.24, 2.45) is 5.92 Å². The van der Waals surface area contributed by atoms with Gasteiger partial charge in [0.2, 0.25) is 5.92 Å². The van der Waals surface area contributed by atoms with E-state index in [1.54, 1.807) is 0 Å². The molecule has 3 aromatic rings. The van der Waals surface area contributed by atoms with Crippen LogP contribution >= 0.6 is 0 Å². The zero-order valence-electron chi connectivity index (χ0n) is 20.0. The smallest absolute Gasteiger partial charge is 0.272 e. The van der Waals surface area contributed by atoms with Crippen LogP contribution in [0.2, 0.25) is 0 Å². The number of H-pyrrole nitrogens is 1. The highest BCUT2D eigenvalue weighted by Gasteiger charge is 2.42. The van der Waals surface area contributed by atoms with E-state index in [1.165, 1.54) is 18.2 Å². The number of benzene rings is 2. The monoisotopic (exact) mass is 518 g/mol. The number of likely N-dealkylation sites (tertiary alicyclic amines) is 1. The van der Waals surface area contributed by atoms with Crippen LogP contribution in [0.1, 0.15) is 55.7 Å². The molecule has 1 aliphatic carbocycles. The van der Waals surface area contributed by atoms with Crippen molar-refractivity contribution in [2.45, 2.75) is 62.4 Å². The second-order valence-corrected chi connectivity index (χ2v) is 10.6. The van der Waals surface area contributed by atoms with E-state index in [0.29, 0.717) is 42.7 Å².